The van der Waals surface area contributed by atoms with Gasteiger partial charge in [0.2, 0.25) is 0 Å². The molecule has 0 bridgehead atoms. The Morgan fingerprint density at radius 1 is 1.08 bits per heavy atom. The van der Waals surface area contributed by atoms with Gasteiger partial charge in [-0.3, -0.25) is 4.79 Å². The molecule has 0 aromatic heterocycles. The van der Waals surface area contributed by atoms with Crippen LogP contribution in [0.15, 0.2) is 42.5 Å². The number of aryl methyl sites for hydroxylation is 2. The lowest BCUT2D eigenvalue weighted by Crippen LogP contribution is -2.38. The summed E-state index contributed by atoms with van der Waals surface area (Å²) in [5.74, 6) is 2.02. The van der Waals surface area contributed by atoms with E-state index in [1.54, 1.807) is 38.3 Å². The van der Waals surface area contributed by atoms with Crippen LogP contribution in [-0.2, 0) is 4.79 Å². The Morgan fingerprint density at radius 2 is 1.76 bits per heavy atom. The van der Waals surface area contributed by atoms with E-state index in [4.69, 9.17) is 14.2 Å². The zero-order valence-corrected chi connectivity index (χ0v) is 15.2. The fourth-order valence-corrected chi connectivity index (χ4v) is 2.35. The van der Waals surface area contributed by atoms with Crippen LogP contribution in [0.2, 0.25) is 0 Å². The van der Waals surface area contributed by atoms with Crippen LogP contribution in [0.3, 0.4) is 0 Å². The van der Waals surface area contributed by atoms with Gasteiger partial charge in [0.1, 0.15) is 23.9 Å². The van der Waals surface area contributed by atoms with E-state index in [1.807, 2.05) is 26.0 Å². The molecule has 0 saturated heterocycles. The monoisotopic (exact) mass is 343 g/mol. The number of nitrogens with one attached hydrogen (secondary N) is 1. The van der Waals surface area contributed by atoms with Gasteiger partial charge in [0, 0.05) is 0 Å². The molecule has 5 nitrogen and oxygen atoms in total. The summed E-state index contributed by atoms with van der Waals surface area (Å²) in [6.07, 6.45) is -0.588. The number of rotatable bonds is 8. The van der Waals surface area contributed by atoms with E-state index in [0.29, 0.717) is 18.9 Å². The quantitative estimate of drug-likeness (QED) is 0.748. The number of ether oxygens (including phenoxy) is 3. The topological polar surface area (TPSA) is 56.8 Å². The molecule has 134 valence electrons. The highest BCUT2D eigenvalue weighted by Gasteiger charge is 2.14. The lowest BCUT2D eigenvalue weighted by atomic mass is 10.1. The number of hydrogen-bond acceptors (Lipinski definition) is 4. The number of methoxy groups -OCH3 is 1. The predicted molar refractivity (Wildman–Crippen MR) is 97.5 cm³/mol. The van der Waals surface area contributed by atoms with Gasteiger partial charge in [0.05, 0.1) is 13.7 Å². The molecule has 0 fully saturated rings. The van der Waals surface area contributed by atoms with E-state index >= 15 is 0 Å². The Labute approximate surface area is 148 Å². The van der Waals surface area contributed by atoms with Crippen LogP contribution in [0, 0.1) is 13.8 Å². The zero-order valence-electron chi connectivity index (χ0n) is 15.2. The van der Waals surface area contributed by atoms with E-state index in [0.717, 1.165) is 17.1 Å². The van der Waals surface area contributed by atoms with Crippen LogP contribution >= 0.6 is 0 Å². The van der Waals surface area contributed by atoms with Crippen molar-refractivity contribution in [3.05, 3.63) is 53.6 Å². The average molecular weight is 343 g/mol. The third-order valence-electron chi connectivity index (χ3n) is 3.73. The fourth-order valence-electron chi connectivity index (χ4n) is 2.35. The van der Waals surface area contributed by atoms with Gasteiger partial charge >= 0.3 is 0 Å². The van der Waals surface area contributed by atoms with Gasteiger partial charge in [-0.1, -0.05) is 17.7 Å². The van der Waals surface area contributed by atoms with Gasteiger partial charge in [0.25, 0.3) is 5.91 Å². The fraction of sp³-hybridized carbons (Fsp3) is 0.350. The average Bonchev–Trinajstić information content (AvgIpc) is 2.60. The van der Waals surface area contributed by atoms with Crippen molar-refractivity contribution in [3.8, 4) is 17.2 Å². The molecule has 0 saturated carbocycles. The molecule has 2 aromatic carbocycles. The van der Waals surface area contributed by atoms with Gasteiger partial charge in [0.15, 0.2) is 6.10 Å². The first-order chi connectivity index (χ1) is 12.0. The van der Waals surface area contributed by atoms with Crippen molar-refractivity contribution in [1.29, 1.82) is 0 Å². The van der Waals surface area contributed by atoms with Crippen LogP contribution in [0.25, 0.3) is 0 Å². The summed E-state index contributed by atoms with van der Waals surface area (Å²) in [6.45, 7) is 6.59. The van der Waals surface area contributed by atoms with E-state index < -0.39 is 6.10 Å². The summed E-state index contributed by atoms with van der Waals surface area (Å²) in [5.41, 5.74) is 2.28. The minimum absolute atomic E-state index is 0.181. The molecule has 25 heavy (non-hydrogen) atoms. The second-order valence-electron chi connectivity index (χ2n) is 5.84. The highest BCUT2D eigenvalue weighted by Crippen LogP contribution is 2.19. The standard InChI is InChI=1S/C20H25NO4/c1-14-5-10-19(15(2)13-14)24-12-11-21-20(22)16(3)25-18-8-6-17(23-4)7-9-18/h5-10,13,16H,11-12H2,1-4H3,(H,21,22)/t16-/m0/s1. The summed E-state index contributed by atoms with van der Waals surface area (Å²) < 4.78 is 16.4. The van der Waals surface area contributed by atoms with E-state index in [9.17, 15) is 4.79 Å². The van der Waals surface area contributed by atoms with E-state index in [2.05, 4.69) is 11.4 Å². The highest BCUT2D eigenvalue weighted by atomic mass is 16.5. The normalized spacial score (nSPS) is 11.5. The van der Waals surface area contributed by atoms with Crippen molar-refractivity contribution < 1.29 is 19.0 Å². The van der Waals surface area contributed by atoms with Crippen LogP contribution < -0.4 is 19.5 Å². The third kappa shape index (κ3) is 5.71. The van der Waals surface area contributed by atoms with Gasteiger partial charge in [-0.05, 0) is 56.7 Å². The number of hydrogen-bond donors (Lipinski definition) is 1. The third-order valence-corrected chi connectivity index (χ3v) is 3.73. The van der Waals surface area contributed by atoms with Crippen LogP contribution in [0.1, 0.15) is 18.1 Å². The number of amides is 1. The molecule has 1 N–H and O–H groups in total. The summed E-state index contributed by atoms with van der Waals surface area (Å²) in [7, 11) is 1.60. The van der Waals surface area contributed by atoms with Crippen molar-refractivity contribution >= 4 is 5.91 Å². The van der Waals surface area contributed by atoms with Crippen LogP contribution in [0.4, 0.5) is 0 Å². The Morgan fingerprint density at radius 3 is 2.40 bits per heavy atom. The summed E-state index contributed by atoms with van der Waals surface area (Å²) >= 11 is 0. The van der Waals surface area contributed by atoms with Gasteiger partial charge < -0.3 is 19.5 Å². The van der Waals surface area contributed by atoms with Crippen molar-refractivity contribution in [1.82, 2.24) is 5.32 Å². The molecule has 0 radical (unpaired) electrons. The Hall–Kier alpha value is -2.69. The minimum Gasteiger partial charge on any atom is -0.497 e. The Kier molecular flexibility index (Phi) is 6.69. The highest BCUT2D eigenvalue weighted by molar-refractivity contribution is 5.80. The Balaban J connectivity index is 1.73. The second kappa shape index (κ2) is 8.97. The predicted octanol–water partition coefficient (Wildman–Crippen LogP) is 3.27. The van der Waals surface area contributed by atoms with E-state index in [-0.39, 0.29) is 5.91 Å². The number of carbonyl (C=O) groups is 1. The molecule has 0 unspecified atom stereocenters. The number of carbonyl (C=O) groups excluding carboxylic acids is 1. The SMILES string of the molecule is COc1ccc(O[C@@H](C)C(=O)NCCOc2ccc(C)cc2C)cc1. The molecule has 0 heterocycles. The lowest BCUT2D eigenvalue weighted by Gasteiger charge is -2.15. The first kappa shape index (κ1) is 18.6. The maximum atomic E-state index is 12.1. The molecule has 0 aliphatic rings. The molecular weight excluding hydrogens is 318 g/mol. The smallest absolute Gasteiger partial charge is 0.260 e. The molecule has 2 rings (SSSR count). The molecule has 0 spiro atoms. The molecular formula is C20H25NO4. The summed E-state index contributed by atoms with van der Waals surface area (Å²) in [6, 6.07) is 13.1. The maximum absolute atomic E-state index is 12.1. The molecule has 1 atom stereocenters. The number of benzene rings is 2. The lowest BCUT2D eigenvalue weighted by molar-refractivity contribution is -0.127. The van der Waals surface area contributed by atoms with Gasteiger partial charge in [-0.15, -0.1) is 0 Å². The second-order valence-corrected chi connectivity index (χ2v) is 5.84. The zero-order chi connectivity index (χ0) is 18.2. The first-order valence-corrected chi connectivity index (χ1v) is 8.28. The van der Waals surface area contributed by atoms with Crippen molar-refractivity contribution in [2.24, 2.45) is 0 Å². The van der Waals surface area contributed by atoms with Crippen molar-refractivity contribution in [2.45, 2.75) is 26.9 Å². The molecule has 0 aliphatic carbocycles. The van der Waals surface area contributed by atoms with Crippen LogP contribution in [0.5, 0.6) is 17.2 Å². The minimum atomic E-state index is -0.588. The molecule has 5 heteroatoms. The molecule has 1 amide bonds. The largest absolute Gasteiger partial charge is 0.497 e. The summed E-state index contributed by atoms with van der Waals surface area (Å²) in [5, 5.41) is 2.81. The van der Waals surface area contributed by atoms with E-state index in [1.165, 1.54) is 5.56 Å². The molecule has 0 aliphatic heterocycles. The maximum Gasteiger partial charge on any atom is 0.260 e. The summed E-state index contributed by atoms with van der Waals surface area (Å²) in [4.78, 5) is 12.1. The van der Waals surface area contributed by atoms with Crippen LogP contribution in [-0.4, -0.2) is 32.3 Å². The van der Waals surface area contributed by atoms with Gasteiger partial charge in [-0.25, -0.2) is 0 Å². The molecule has 2 aromatic rings. The first-order valence-electron chi connectivity index (χ1n) is 8.28. The van der Waals surface area contributed by atoms with Crippen molar-refractivity contribution in [3.63, 3.8) is 0 Å². The van der Waals surface area contributed by atoms with Crippen molar-refractivity contribution in [2.75, 3.05) is 20.3 Å². The Bertz CT molecular complexity index is 697. The van der Waals surface area contributed by atoms with Gasteiger partial charge in [-0.2, -0.15) is 0 Å².